The highest BCUT2D eigenvalue weighted by Gasteiger charge is 2.55. The quantitative estimate of drug-likeness (QED) is 0.324. The first-order chi connectivity index (χ1) is 18.3. The molecule has 0 aliphatic heterocycles. The van der Waals surface area contributed by atoms with Gasteiger partial charge in [0.05, 0.1) is 24.1 Å². The van der Waals surface area contributed by atoms with E-state index in [0.29, 0.717) is 35.9 Å². The highest BCUT2D eigenvalue weighted by atomic mass is 19.1. The van der Waals surface area contributed by atoms with Crippen LogP contribution in [0.15, 0.2) is 72.9 Å². The molecule has 0 unspecified atom stereocenters. The van der Waals surface area contributed by atoms with Gasteiger partial charge in [-0.15, -0.1) is 0 Å². The zero-order chi connectivity index (χ0) is 26.4. The van der Waals surface area contributed by atoms with Gasteiger partial charge in [-0.1, -0.05) is 36.4 Å². The number of ether oxygens (including phenoxy) is 1. The third kappa shape index (κ3) is 4.32. The van der Waals surface area contributed by atoms with Gasteiger partial charge in [0, 0.05) is 24.2 Å². The summed E-state index contributed by atoms with van der Waals surface area (Å²) in [7, 11) is 1.65. The van der Waals surface area contributed by atoms with Crippen molar-refractivity contribution >= 4 is 22.8 Å². The Morgan fingerprint density at radius 2 is 1.79 bits per heavy atom. The SMILES string of the molecule is COc1cccc(-c2ccc(Cn3ccc4c(F)ccc(C(=O)NC5CC6(C5)CC(C(=O)O)C6)c43)cc2)c1. The van der Waals surface area contributed by atoms with Gasteiger partial charge in [-0.2, -0.15) is 0 Å². The van der Waals surface area contributed by atoms with Crippen LogP contribution in [0.2, 0.25) is 0 Å². The van der Waals surface area contributed by atoms with E-state index in [1.54, 1.807) is 19.2 Å². The highest BCUT2D eigenvalue weighted by molar-refractivity contribution is 6.06. The molecule has 3 aromatic carbocycles. The minimum atomic E-state index is -0.729. The molecule has 4 aromatic rings. The van der Waals surface area contributed by atoms with Gasteiger partial charge in [0.15, 0.2) is 0 Å². The largest absolute Gasteiger partial charge is 0.497 e. The predicted molar refractivity (Wildman–Crippen MR) is 143 cm³/mol. The molecule has 7 heteroatoms. The fourth-order valence-electron chi connectivity index (χ4n) is 6.25. The molecule has 0 saturated heterocycles. The second-order valence-electron chi connectivity index (χ2n) is 10.8. The van der Waals surface area contributed by atoms with E-state index < -0.39 is 5.97 Å². The normalized spacial score (nSPS) is 22.1. The molecule has 0 bridgehead atoms. The van der Waals surface area contributed by atoms with Gasteiger partial charge in [0.1, 0.15) is 11.6 Å². The monoisotopic (exact) mass is 512 g/mol. The number of halogens is 1. The molecular weight excluding hydrogens is 483 g/mol. The number of carboxylic acid groups (broad SMARTS) is 1. The Labute approximate surface area is 220 Å². The van der Waals surface area contributed by atoms with Crippen molar-refractivity contribution in [3.8, 4) is 16.9 Å². The molecule has 194 valence electrons. The Morgan fingerprint density at radius 3 is 2.50 bits per heavy atom. The van der Waals surface area contributed by atoms with Gasteiger partial charge < -0.3 is 19.7 Å². The number of aromatic nitrogens is 1. The molecule has 1 aromatic heterocycles. The number of benzene rings is 3. The maximum absolute atomic E-state index is 14.7. The van der Waals surface area contributed by atoms with E-state index in [1.807, 2.05) is 59.3 Å². The Balaban J connectivity index is 1.19. The number of carbonyl (C=O) groups is 2. The number of nitrogens with one attached hydrogen (secondary N) is 1. The summed E-state index contributed by atoms with van der Waals surface area (Å²) >= 11 is 0. The lowest BCUT2D eigenvalue weighted by molar-refractivity contribution is -0.155. The van der Waals surface area contributed by atoms with Crippen LogP contribution in [0.3, 0.4) is 0 Å². The second kappa shape index (κ2) is 9.31. The van der Waals surface area contributed by atoms with E-state index in [1.165, 1.54) is 6.07 Å². The molecule has 2 fully saturated rings. The Hall–Kier alpha value is -4.13. The number of hydrogen-bond donors (Lipinski definition) is 2. The maximum atomic E-state index is 14.7. The van der Waals surface area contributed by atoms with Gasteiger partial charge in [-0.25, -0.2) is 4.39 Å². The topological polar surface area (TPSA) is 80.6 Å². The molecule has 2 saturated carbocycles. The average molecular weight is 513 g/mol. The third-order valence-corrected chi connectivity index (χ3v) is 8.23. The summed E-state index contributed by atoms with van der Waals surface area (Å²) in [6.07, 6.45) is 4.80. The molecule has 2 aliphatic rings. The Kier molecular flexibility index (Phi) is 5.94. The number of carbonyl (C=O) groups excluding carboxylic acids is 1. The van der Waals surface area contributed by atoms with E-state index in [9.17, 15) is 14.0 Å². The molecule has 1 amide bonds. The first-order valence-corrected chi connectivity index (χ1v) is 12.9. The van der Waals surface area contributed by atoms with Crippen molar-refractivity contribution in [1.82, 2.24) is 9.88 Å². The van der Waals surface area contributed by atoms with Crippen LogP contribution in [0, 0.1) is 17.2 Å². The second-order valence-corrected chi connectivity index (χ2v) is 10.8. The minimum Gasteiger partial charge on any atom is -0.497 e. The summed E-state index contributed by atoms with van der Waals surface area (Å²) in [6.45, 7) is 0.495. The maximum Gasteiger partial charge on any atom is 0.306 e. The Morgan fingerprint density at radius 1 is 1.03 bits per heavy atom. The van der Waals surface area contributed by atoms with Crippen molar-refractivity contribution in [2.24, 2.45) is 11.3 Å². The molecule has 0 atom stereocenters. The number of fused-ring (bicyclic) bond motifs is 1. The molecule has 0 radical (unpaired) electrons. The number of hydrogen-bond acceptors (Lipinski definition) is 3. The summed E-state index contributed by atoms with van der Waals surface area (Å²) in [5.41, 5.74) is 4.23. The average Bonchev–Trinajstić information content (AvgIpc) is 3.29. The van der Waals surface area contributed by atoms with Crippen molar-refractivity contribution in [1.29, 1.82) is 0 Å². The number of carboxylic acids is 1. The molecule has 2 aliphatic carbocycles. The van der Waals surface area contributed by atoms with E-state index in [0.717, 1.165) is 35.3 Å². The number of rotatable bonds is 7. The zero-order valence-corrected chi connectivity index (χ0v) is 21.1. The van der Waals surface area contributed by atoms with Crippen LogP contribution in [-0.2, 0) is 11.3 Å². The lowest BCUT2D eigenvalue weighted by atomic mass is 9.50. The van der Waals surface area contributed by atoms with Gasteiger partial charge in [-0.05, 0) is 78.1 Å². The van der Waals surface area contributed by atoms with Crippen molar-refractivity contribution in [3.05, 3.63) is 89.9 Å². The third-order valence-electron chi connectivity index (χ3n) is 8.23. The van der Waals surface area contributed by atoms with Crippen molar-refractivity contribution in [2.45, 2.75) is 38.3 Å². The van der Waals surface area contributed by atoms with Crippen LogP contribution in [0.25, 0.3) is 22.0 Å². The van der Waals surface area contributed by atoms with Gasteiger partial charge >= 0.3 is 5.97 Å². The zero-order valence-electron chi connectivity index (χ0n) is 21.1. The summed E-state index contributed by atoms with van der Waals surface area (Å²) in [4.78, 5) is 24.4. The predicted octanol–water partition coefficient (Wildman–Crippen LogP) is 5.88. The number of nitrogens with zero attached hydrogens (tertiary/aromatic N) is 1. The van der Waals surface area contributed by atoms with E-state index in [-0.39, 0.29) is 29.1 Å². The lowest BCUT2D eigenvalue weighted by Crippen LogP contribution is -2.57. The molecule has 6 rings (SSSR count). The molecular formula is C31H29FN2O4. The van der Waals surface area contributed by atoms with Gasteiger partial charge in [-0.3, -0.25) is 9.59 Å². The highest BCUT2D eigenvalue weighted by Crippen LogP contribution is 2.58. The molecule has 6 nitrogen and oxygen atoms in total. The van der Waals surface area contributed by atoms with Crippen LogP contribution in [-0.4, -0.2) is 34.7 Å². The van der Waals surface area contributed by atoms with Crippen LogP contribution in [0.1, 0.15) is 41.6 Å². The fraction of sp³-hybridized carbons (Fsp3) is 0.290. The van der Waals surface area contributed by atoms with Crippen LogP contribution in [0.4, 0.5) is 4.39 Å². The smallest absolute Gasteiger partial charge is 0.306 e. The molecule has 38 heavy (non-hydrogen) atoms. The summed E-state index contributed by atoms with van der Waals surface area (Å²) in [6, 6.07) is 20.7. The van der Waals surface area contributed by atoms with Crippen molar-refractivity contribution in [2.75, 3.05) is 7.11 Å². The van der Waals surface area contributed by atoms with Gasteiger partial charge in [0.2, 0.25) is 0 Å². The summed E-state index contributed by atoms with van der Waals surface area (Å²) in [5, 5.41) is 12.7. The molecule has 1 heterocycles. The van der Waals surface area contributed by atoms with Crippen LogP contribution in [0.5, 0.6) is 5.75 Å². The molecule has 1 spiro atoms. The molecule has 2 N–H and O–H groups in total. The van der Waals surface area contributed by atoms with Crippen molar-refractivity contribution < 1.29 is 23.8 Å². The van der Waals surface area contributed by atoms with E-state index in [4.69, 9.17) is 9.84 Å². The number of methoxy groups -OCH3 is 1. The van der Waals surface area contributed by atoms with Crippen LogP contribution < -0.4 is 10.1 Å². The standard InChI is InChI=1S/C31H29FN2O4/c1-38-24-4-2-3-21(13-24)20-7-5-19(6-8-20)18-34-12-11-25-27(32)10-9-26(28(25)34)29(35)33-23-16-31(17-23)14-22(15-31)30(36)37/h2-13,22-23H,14-18H2,1H3,(H,33,35)(H,36,37). The van der Waals surface area contributed by atoms with E-state index >= 15 is 0 Å². The van der Waals surface area contributed by atoms with Crippen LogP contribution >= 0.6 is 0 Å². The fourth-order valence-corrected chi connectivity index (χ4v) is 6.25. The lowest BCUT2D eigenvalue weighted by Gasteiger charge is -2.56. The Bertz CT molecular complexity index is 1530. The van der Waals surface area contributed by atoms with Crippen molar-refractivity contribution in [3.63, 3.8) is 0 Å². The minimum absolute atomic E-state index is 0.0184. The number of amides is 1. The van der Waals surface area contributed by atoms with E-state index in [2.05, 4.69) is 5.32 Å². The summed E-state index contributed by atoms with van der Waals surface area (Å²) in [5.74, 6) is -0.770. The first-order valence-electron chi connectivity index (χ1n) is 12.9. The number of aliphatic carboxylic acids is 1. The first kappa shape index (κ1) is 24.2. The summed E-state index contributed by atoms with van der Waals surface area (Å²) < 4.78 is 21.9. The van der Waals surface area contributed by atoms with Gasteiger partial charge in [0.25, 0.3) is 5.91 Å².